The summed E-state index contributed by atoms with van der Waals surface area (Å²) < 4.78 is 0. The van der Waals surface area contributed by atoms with E-state index in [1.54, 1.807) is 0 Å². The number of rotatable bonds is 3. The summed E-state index contributed by atoms with van der Waals surface area (Å²) in [5.41, 5.74) is 4.28. The summed E-state index contributed by atoms with van der Waals surface area (Å²) in [5.74, 6) is 3.23. The van der Waals surface area contributed by atoms with Crippen LogP contribution >= 0.6 is 0 Å². The fourth-order valence-corrected chi connectivity index (χ4v) is 8.06. The van der Waals surface area contributed by atoms with Crippen molar-refractivity contribution in [2.75, 3.05) is 13.2 Å². The van der Waals surface area contributed by atoms with Crippen molar-refractivity contribution in [2.45, 2.75) is 77.3 Å². The lowest BCUT2D eigenvalue weighted by atomic mass is 9.52. The molecule has 1 aliphatic heterocycles. The molecule has 1 aromatic carbocycles. The van der Waals surface area contributed by atoms with Crippen molar-refractivity contribution in [3.8, 4) is 0 Å². The van der Waals surface area contributed by atoms with Gasteiger partial charge in [0.05, 0.1) is 6.67 Å². The average Bonchev–Trinajstić information content (AvgIpc) is 2.67. The summed E-state index contributed by atoms with van der Waals surface area (Å²) >= 11 is 0. The van der Waals surface area contributed by atoms with Crippen LogP contribution in [0.5, 0.6) is 0 Å². The number of nitrogens with zero attached hydrogens (tertiary/aromatic N) is 2. The molecule has 0 saturated heterocycles. The Bertz CT molecular complexity index is 848. The number of carbonyl (C=O) groups is 1. The highest BCUT2D eigenvalue weighted by Gasteiger charge is 2.55. The van der Waals surface area contributed by atoms with Gasteiger partial charge in [-0.15, -0.1) is 0 Å². The van der Waals surface area contributed by atoms with Crippen LogP contribution in [0.4, 0.5) is 0 Å². The predicted molar refractivity (Wildman–Crippen MR) is 120 cm³/mol. The lowest BCUT2D eigenvalue weighted by Gasteiger charge is -2.62. The third-order valence-corrected chi connectivity index (χ3v) is 8.94. The van der Waals surface area contributed by atoms with E-state index < -0.39 is 0 Å². The highest BCUT2D eigenvalue weighted by molar-refractivity contribution is 5.98. The molecule has 6 aliphatic rings. The van der Waals surface area contributed by atoms with E-state index in [1.807, 2.05) is 0 Å². The van der Waals surface area contributed by atoms with Crippen molar-refractivity contribution in [1.82, 2.24) is 9.80 Å². The molecular weight excluding hydrogens is 368 g/mol. The Labute approximate surface area is 181 Å². The molecule has 4 saturated carbocycles. The summed E-state index contributed by atoms with van der Waals surface area (Å²) in [6.07, 6.45) is 10.3. The van der Waals surface area contributed by atoms with Gasteiger partial charge in [0.15, 0.2) is 5.78 Å². The molecule has 3 nitrogen and oxygen atoms in total. The minimum Gasteiger partial charge on any atom is -0.357 e. The zero-order valence-electron chi connectivity index (χ0n) is 18.7. The number of hydrogen-bond donors (Lipinski definition) is 0. The number of ketones is 1. The summed E-state index contributed by atoms with van der Waals surface area (Å²) in [7, 11) is 0. The van der Waals surface area contributed by atoms with Crippen molar-refractivity contribution in [2.24, 2.45) is 23.2 Å². The molecule has 160 valence electrons. The molecule has 0 amide bonds. The Hall–Kier alpha value is -1.61. The molecule has 7 rings (SSSR count). The fourth-order valence-electron chi connectivity index (χ4n) is 8.06. The van der Waals surface area contributed by atoms with Crippen LogP contribution in [-0.4, -0.2) is 34.3 Å². The second kappa shape index (κ2) is 6.69. The number of Topliss-reactive ketones (excluding diaryl/α,β-unsaturated/α-hetero) is 1. The third kappa shape index (κ3) is 3.16. The average molecular weight is 405 g/mol. The molecular formula is C27H36N2O. The zero-order chi connectivity index (χ0) is 20.5. The van der Waals surface area contributed by atoms with Gasteiger partial charge in [0.1, 0.15) is 0 Å². The minimum absolute atomic E-state index is 0.0771. The van der Waals surface area contributed by atoms with Gasteiger partial charge in [-0.1, -0.05) is 44.2 Å². The first-order valence-corrected chi connectivity index (χ1v) is 12.2. The first-order valence-electron chi connectivity index (χ1n) is 12.2. The standard InChI is InChI=1S/C27H36N2O/c1-26(2)14-24-23(25(30)15-26)17-29(18-28(24)16-19-6-4-3-5-7-19)27-11-20-8-21(12-27)10-22(9-20)13-27/h3-7,20-22H,8-18H2,1-2H3. The molecule has 4 fully saturated rings. The van der Waals surface area contributed by atoms with E-state index in [0.29, 0.717) is 17.7 Å². The maximum atomic E-state index is 13.3. The zero-order valence-corrected chi connectivity index (χ0v) is 18.7. The first-order chi connectivity index (χ1) is 14.4. The fraction of sp³-hybridized carbons (Fsp3) is 0.667. The maximum absolute atomic E-state index is 13.3. The maximum Gasteiger partial charge on any atom is 0.162 e. The summed E-state index contributed by atoms with van der Waals surface area (Å²) in [5, 5.41) is 0. The van der Waals surface area contributed by atoms with E-state index in [2.05, 4.69) is 54.0 Å². The summed E-state index contributed by atoms with van der Waals surface area (Å²) in [6.45, 7) is 7.36. The number of benzene rings is 1. The molecule has 5 aliphatic carbocycles. The summed E-state index contributed by atoms with van der Waals surface area (Å²) in [6, 6.07) is 10.8. The van der Waals surface area contributed by atoms with Gasteiger partial charge >= 0.3 is 0 Å². The number of hydrogen-bond acceptors (Lipinski definition) is 3. The van der Waals surface area contributed by atoms with Crippen molar-refractivity contribution in [3.05, 3.63) is 47.2 Å². The van der Waals surface area contributed by atoms with Crippen LogP contribution in [0.2, 0.25) is 0 Å². The van der Waals surface area contributed by atoms with Gasteiger partial charge in [-0.3, -0.25) is 9.69 Å². The molecule has 30 heavy (non-hydrogen) atoms. The molecule has 4 bridgehead atoms. The van der Waals surface area contributed by atoms with E-state index in [9.17, 15) is 4.79 Å². The summed E-state index contributed by atoms with van der Waals surface area (Å²) in [4.78, 5) is 18.7. The van der Waals surface area contributed by atoms with Crippen LogP contribution < -0.4 is 0 Å². The van der Waals surface area contributed by atoms with E-state index in [4.69, 9.17) is 0 Å². The Morgan fingerprint density at radius 1 is 0.933 bits per heavy atom. The molecule has 1 heterocycles. The van der Waals surface area contributed by atoms with E-state index in [0.717, 1.165) is 49.5 Å². The highest BCUT2D eigenvalue weighted by atomic mass is 16.1. The van der Waals surface area contributed by atoms with Gasteiger partial charge in [0, 0.05) is 36.3 Å². The van der Waals surface area contributed by atoms with Crippen LogP contribution in [0.15, 0.2) is 41.6 Å². The van der Waals surface area contributed by atoms with Gasteiger partial charge in [-0.25, -0.2) is 0 Å². The Balaban J connectivity index is 1.36. The van der Waals surface area contributed by atoms with Crippen molar-refractivity contribution in [1.29, 1.82) is 0 Å². The Morgan fingerprint density at radius 3 is 2.20 bits per heavy atom. The molecule has 0 spiro atoms. The monoisotopic (exact) mass is 404 g/mol. The van der Waals surface area contributed by atoms with E-state index in [-0.39, 0.29) is 5.41 Å². The van der Waals surface area contributed by atoms with Gasteiger partial charge in [-0.05, 0) is 73.7 Å². The van der Waals surface area contributed by atoms with Crippen LogP contribution in [0.1, 0.15) is 70.8 Å². The number of carbonyl (C=O) groups excluding carboxylic acids is 1. The minimum atomic E-state index is 0.0771. The quantitative estimate of drug-likeness (QED) is 0.676. The lowest BCUT2D eigenvalue weighted by Crippen LogP contribution is -2.64. The normalized spacial score (nSPS) is 37.6. The van der Waals surface area contributed by atoms with Crippen molar-refractivity contribution < 1.29 is 4.79 Å². The van der Waals surface area contributed by atoms with Crippen LogP contribution in [-0.2, 0) is 11.3 Å². The second-order valence-corrected chi connectivity index (χ2v) is 12.0. The van der Waals surface area contributed by atoms with Crippen LogP contribution in [0, 0.1) is 23.2 Å². The molecule has 0 unspecified atom stereocenters. The largest absolute Gasteiger partial charge is 0.357 e. The molecule has 1 aromatic rings. The topological polar surface area (TPSA) is 23.6 Å². The van der Waals surface area contributed by atoms with Gasteiger partial charge in [0.25, 0.3) is 0 Å². The highest BCUT2D eigenvalue weighted by Crippen LogP contribution is 2.58. The van der Waals surface area contributed by atoms with Crippen LogP contribution in [0.25, 0.3) is 0 Å². The van der Waals surface area contributed by atoms with Crippen molar-refractivity contribution in [3.63, 3.8) is 0 Å². The Morgan fingerprint density at radius 2 is 1.57 bits per heavy atom. The van der Waals surface area contributed by atoms with Crippen LogP contribution in [0.3, 0.4) is 0 Å². The molecule has 0 atom stereocenters. The molecule has 0 radical (unpaired) electrons. The predicted octanol–water partition coefficient (Wildman–Crippen LogP) is 5.37. The molecule has 3 heteroatoms. The Kier molecular flexibility index (Phi) is 4.26. The first kappa shape index (κ1) is 19.1. The lowest BCUT2D eigenvalue weighted by molar-refractivity contribution is -0.124. The smallest absolute Gasteiger partial charge is 0.162 e. The van der Waals surface area contributed by atoms with Gasteiger partial charge < -0.3 is 4.90 Å². The van der Waals surface area contributed by atoms with E-state index >= 15 is 0 Å². The van der Waals surface area contributed by atoms with Gasteiger partial charge in [-0.2, -0.15) is 0 Å². The van der Waals surface area contributed by atoms with E-state index in [1.165, 1.54) is 49.8 Å². The third-order valence-electron chi connectivity index (χ3n) is 8.94. The molecule has 0 N–H and O–H groups in total. The van der Waals surface area contributed by atoms with Gasteiger partial charge in [0.2, 0.25) is 0 Å². The van der Waals surface area contributed by atoms with Crippen molar-refractivity contribution >= 4 is 5.78 Å². The SMILES string of the molecule is CC1(C)CC(=O)C2=C(C1)N(Cc1ccccc1)CN(C13CC4CC(CC(C4)C1)C3)C2. The number of allylic oxidation sites excluding steroid dienone is 1. The second-order valence-electron chi connectivity index (χ2n) is 12.0. The molecule has 0 aromatic heterocycles.